The van der Waals surface area contributed by atoms with Crippen LogP contribution in [-0.4, -0.2) is 20.2 Å². The Balaban J connectivity index is 2.62. The molecule has 0 amide bonds. The van der Waals surface area contributed by atoms with E-state index in [0.29, 0.717) is 0 Å². The molecule has 0 aliphatic rings. The maximum Gasteiger partial charge on any atom is 0.122 e. The van der Waals surface area contributed by atoms with Gasteiger partial charge in [-0.15, -0.1) is 0 Å². The molecule has 3 heteroatoms. The summed E-state index contributed by atoms with van der Waals surface area (Å²) in [4.78, 5) is 0. The fourth-order valence-electron chi connectivity index (χ4n) is 1.86. The van der Waals surface area contributed by atoms with Crippen molar-refractivity contribution in [2.24, 2.45) is 0 Å². The largest absolute Gasteiger partial charge is 0.496 e. The Labute approximate surface area is 115 Å². The van der Waals surface area contributed by atoms with Crippen molar-refractivity contribution in [3.05, 3.63) is 40.4 Å². The molecule has 1 aromatic rings. The smallest absolute Gasteiger partial charge is 0.122 e. The molecule has 2 nitrogen and oxygen atoms in total. The minimum atomic E-state index is 0.756. The highest BCUT2D eigenvalue weighted by atomic mass is 35.5. The van der Waals surface area contributed by atoms with Gasteiger partial charge in [0.25, 0.3) is 0 Å². The second-order valence-corrected chi connectivity index (χ2v) is 4.76. The fraction of sp³-hybridized carbons (Fsp3) is 0.467. The average Bonchev–Trinajstić information content (AvgIpc) is 2.35. The van der Waals surface area contributed by atoms with Crippen molar-refractivity contribution in [3.63, 3.8) is 0 Å². The standard InChI is InChI=1S/C15H22ClNO/c1-4-17-9-5-6-12(2)10-13-11-14(16)7-8-15(13)18-3/h6-8,11,17H,4-5,9-10H2,1-3H3. The Bertz CT molecular complexity index is 401. The second-order valence-electron chi connectivity index (χ2n) is 4.33. The van der Waals surface area contributed by atoms with E-state index >= 15 is 0 Å². The number of ether oxygens (including phenoxy) is 1. The van der Waals surface area contributed by atoms with Gasteiger partial charge in [-0.05, 0) is 56.6 Å². The molecule has 0 radical (unpaired) electrons. The first-order chi connectivity index (χ1) is 8.67. The van der Waals surface area contributed by atoms with Gasteiger partial charge >= 0.3 is 0 Å². The van der Waals surface area contributed by atoms with E-state index in [2.05, 4.69) is 25.2 Å². The van der Waals surface area contributed by atoms with E-state index in [9.17, 15) is 0 Å². The van der Waals surface area contributed by atoms with Crippen LogP contribution in [0.15, 0.2) is 29.8 Å². The van der Waals surface area contributed by atoms with Crippen molar-refractivity contribution in [1.29, 1.82) is 0 Å². The lowest BCUT2D eigenvalue weighted by Gasteiger charge is -2.09. The van der Waals surface area contributed by atoms with E-state index in [4.69, 9.17) is 16.3 Å². The lowest BCUT2D eigenvalue weighted by molar-refractivity contribution is 0.410. The molecule has 0 bridgehead atoms. The summed E-state index contributed by atoms with van der Waals surface area (Å²) in [7, 11) is 1.69. The molecule has 0 heterocycles. The van der Waals surface area contributed by atoms with Gasteiger partial charge in [-0.2, -0.15) is 0 Å². The summed E-state index contributed by atoms with van der Waals surface area (Å²) >= 11 is 6.02. The summed E-state index contributed by atoms with van der Waals surface area (Å²) in [5.41, 5.74) is 2.48. The quantitative estimate of drug-likeness (QED) is 0.599. The van der Waals surface area contributed by atoms with E-state index in [-0.39, 0.29) is 0 Å². The highest BCUT2D eigenvalue weighted by Gasteiger charge is 2.04. The van der Waals surface area contributed by atoms with Crippen molar-refractivity contribution < 1.29 is 4.74 Å². The first-order valence-electron chi connectivity index (χ1n) is 6.36. The fourth-order valence-corrected chi connectivity index (χ4v) is 2.05. The van der Waals surface area contributed by atoms with Crippen molar-refractivity contribution in [1.82, 2.24) is 5.32 Å². The maximum atomic E-state index is 6.02. The summed E-state index contributed by atoms with van der Waals surface area (Å²) in [5.74, 6) is 0.902. The van der Waals surface area contributed by atoms with Gasteiger partial charge < -0.3 is 10.1 Å². The molecule has 1 rings (SSSR count). The zero-order valence-corrected chi connectivity index (χ0v) is 12.2. The third kappa shape index (κ3) is 5.11. The van der Waals surface area contributed by atoms with E-state index in [1.54, 1.807) is 7.11 Å². The van der Waals surface area contributed by atoms with Crippen LogP contribution in [0.2, 0.25) is 5.02 Å². The minimum absolute atomic E-state index is 0.756. The number of hydrogen-bond acceptors (Lipinski definition) is 2. The molecule has 0 unspecified atom stereocenters. The molecule has 0 aliphatic carbocycles. The van der Waals surface area contributed by atoms with E-state index in [1.165, 1.54) is 5.57 Å². The molecule has 0 saturated carbocycles. The second kappa shape index (κ2) is 8.17. The van der Waals surface area contributed by atoms with Gasteiger partial charge in [-0.25, -0.2) is 0 Å². The van der Waals surface area contributed by atoms with Crippen LogP contribution in [0.5, 0.6) is 5.75 Å². The summed E-state index contributed by atoms with van der Waals surface area (Å²) in [6.07, 6.45) is 4.21. The highest BCUT2D eigenvalue weighted by Crippen LogP contribution is 2.25. The van der Waals surface area contributed by atoms with Crippen LogP contribution >= 0.6 is 11.6 Å². The van der Waals surface area contributed by atoms with Crippen molar-refractivity contribution in [2.45, 2.75) is 26.7 Å². The molecular formula is C15H22ClNO. The number of rotatable bonds is 7. The molecular weight excluding hydrogens is 246 g/mol. The van der Waals surface area contributed by atoms with Gasteiger partial charge in [0.05, 0.1) is 7.11 Å². The summed E-state index contributed by atoms with van der Waals surface area (Å²) in [6.45, 7) is 6.31. The van der Waals surface area contributed by atoms with E-state index in [1.807, 2.05) is 18.2 Å². The van der Waals surface area contributed by atoms with Crippen LogP contribution in [0.25, 0.3) is 0 Å². The average molecular weight is 268 g/mol. The first kappa shape index (κ1) is 15.1. The van der Waals surface area contributed by atoms with Gasteiger partial charge in [0, 0.05) is 5.02 Å². The first-order valence-corrected chi connectivity index (χ1v) is 6.74. The predicted molar refractivity (Wildman–Crippen MR) is 78.6 cm³/mol. The molecule has 1 aromatic carbocycles. The maximum absolute atomic E-state index is 6.02. The van der Waals surface area contributed by atoms with E-state index in [0.717, 1.165) is 42.3 Å². The van der Waals surface area contributed by atoms with Crippen LogP contribution in [0, 0.1) is 0 Å². The summed E-state index contributed by atoms with van der Waals surface area (Å²) < 4.78 is 5.35. The Hall–Kier alpha value is -0.990. The van der Waals surface area contributed by atoms with Gasteiger partial charge in [0.1, 0.15) is 5.75 Å². The monoisotopic (exact) mass is 267 g/mol. The number of allylic oxidation sites excluding steroid dienone is 1. The third-order valence-electron chi connectivity index (χ3n) is 2.78. The van der Waals surface area contributed by atoms with E-state index < -0.39 is 0 Å². The molecule has 0 aromatic heterocycles. The molecule has 0 saturated heterocycles. The molecule has 0 spiro atoms. The SMILES string of the molecule is CCNCCC=C(C)Cc1cc(Cl)ccc1OC. The Kier molecular flexibility index (Phi) is 6.84. The van der Waals surface area contributed by atoms with Crippen molar-refractivity contribution in [2.75, 3.05) is 20.2 Å². The Morgan fingerprint density at radius 3 is 2.89 bits per heavy atom. The topological polar surface area (TPSA) is 21.3 Å². The van der Waals surface area contributed by atoms with Crippen molar-refractivity contribution >= 4 is 11.6 Å². The molecule has 0 aliphatic heterocycles. The van der Waals surface area contributed by atoms with Gasteiger partial charge in [0.15, 0.2) is 0 Å². The number of hydrogen-bond donors (Lipinski definition) is 1. The molecule has 0 atom stereocenters. The van der Waals surface area contributed by atoms with Crippen LogP contribution in [0.3, 0.4) is 0 Å². The Morgan fingerprint density at radius 2 is 2.22 bits per heavy atom. The van der Waals surface area contributed by atoms with Gasteiger partial charge in [0.2, 0.25) is 0 Å². The predicted octanol–water partition coefficient (Wildman–Crippen LogP) is 3.84. The molecule has 0 fully saturated rings. The number of benzene rings is 1. The number of methoxy groups -OCH3 is 1. The normalized spacial score (nSPS) is 11.7. The number of halogens is 1. The zero-order chi connectivity index (χ0) is 13.4. The molecule has 1 N–H and O–H groups in total. The van der Waals surface area contributed by atoms with Gasteiger partial charge in [-0.3, -0.25) is 0 Å². The summed E-state index contributed by atoms with van der Waals surface area (Å²) in [5, 5.41) is 4.06. The minimum Gasteiger partial charge on any atom is -0.496 e. The van der Waals surface area contributed by atoms with Crippen molar-refractivity contribution in [3.8, 4) is 5.75 Å². The highest BCUT2D eigenvalue weighted by molar-refractivity contribution is 6.30. The van der Waals surface area contributed by atoms with Crippen LogP contribution in [0.1, 0.15) is 25.8 Å². The molecule has 100 valence electrons. The van der Waals surface area contributed by atoms with Crippen LogP contribution in [0.4, 0.5) is 0 Å². The molecule has 18 heavy (non-hydrogen) atoms. The number of nitrogens with one attached hydrogen (secondary N) is 1. The third-order valence-corrected chi connectivity index (χ3v) is 3.01. The lowest BCUT2D eigenvalue weighted by atomic mass is 10.0. The lowest BCUT2D eigenvalue weighted by Crippen LogP contribution is -2.13. The van der Waals surface area contributed by atoms with Gasteiger partial charge in [-0.1, -0.05) is 30.2 Å². The zero-order valence-electron chi connectivity index (χ0n) is 11.4. The van der Waals surface area contributed by atoms with Crippen LogP contribution < -0.4 is 10.1 Å². The summed E-state index contributed by atoms with van der Waals surface area (Å²) in [6, 6.07) is 5.75. The van der Waals surface area contributed by atoms with Crippen LogP contribution in [-0.2, 0) is 6.42 Å². The Morgan fingerprint density at radius 1 is 1.44 bits per heavy atom.